The average Bonchev–Trinajstić information content (AvgIpc) is 3.93. The summed E-state index contributed by atoms with van der Waals surface area (Å²) in [5.74, 6) is 1.74. The van der Waals surface area contributed by atoms with Crippen molar-refractivity contribution in [3.8, 4) is 0 Å². The fourth-order valence-corrected chi connectivity index (χ4v) is 7.25. The van der Waals surface area contributed by atoms with Gasteiger partial charge in [-0.15, -0.1) is 10.2 Å². The first-order chi connectivity index (χ1) is 23.2. The summed E-state index contributed by atoms with van der Waals surface area (Å²) in [4.78, 5) is 20.5. The third kappa shape index (κ3) is 5.92. The van der Waals surface area contributed by atoms with Crippen molar-refractivity contribution in [2.24, 2.45) is 0 Å². The number of fused-ring (bicyclic) bond motifs is 3. The van der Waals surface area contributed by atoms with Crippen LogP contribution < -0.4 is 10.6 Å². The van der Waals surface area contributed by atoms with Crippen molar-refractivity contribution in [3.05, 3.63) is 132 Å². The quantitative estimate of drug-likeness (QED) is 0.128. The van der Waals surface area contributed by atoms with Gasteiger partial charge in [0.2, 0.25) is 5.91 Å². The second-order valence-corrected chi connectivity index (χ2v) is 12.7. The predicted octanol–water partition coefficient (Wildman–Crippen LogP) is 6.77. The lowest BCUT2D eigenvalue weighted by atomic mass is 10.0. The van der Waals surface area contributed by atoms with Gasteiger partial charge >= 0.3 is 0 Å². The van der Waals surface area contributed by atoms with Gasteiger partial charge in [0, 0.05) is 47.0 Å². The van der Waals surface area contributed by atoms with Gasteiger partial charge in [-0.05, 0) is 71.8 Å². The Morgan fingerprint density at radius 3 is 2.28 bits per heavy atom. The van der Waals surface area contributed by atoms with Crippen LogP contribution in [0, 0.1) is 0 Å². The van der Waals surface area contributed by atoms with Crippen molar-refractivity contribution in [1.82, 2.24) is 35.4 Å². The SMILES string of the molecule is O=C(N[C@H](Cc1c[nH]c2ccccc12)c1nnc(CCCc2c[nH]c3ccccc23)n1Cc1cccc2ccccc12)C1CCCN1. The Hall–Kier alpha value is -5.21. The third-order valence-corrected chi connectivity index (χ3v) is 9.69. The van der Waals surface area contributed by atoms with Crippen LogP contribution in [0.5, 0.6) is 0 Å². The summed E-state index contributed by atoms with van der Waals surface area (Å²) in [7, 11) is 0. The van der Waals surface area contributed by atoms with E-state index in [0.717, 1.165) is 72.3 Å². The van der Waals surface area contributed by atoms with E-state index in [9.17, 15) is 4.79 Å². The van der Waals surface area contributed by atoms with E-state index >= 15 is 0 Å². The molecule has 3 aromatic heterocycles. The first-order valence-electron chi connectivity index (χ1n) is 16.7. The molecular weight excluding hydrogens is 582 g/mol. The summed E-state index contributed by atoms with van der Waals surface area (Å²) in [5, 5.41) is 21.3. The van der Waals surface area contributed by atoms with E-state index in [1.54, 1.807) is 0 Å². The van der Waals surface area contributed by atoms with E-state index < -0.39 is 0 Å². The zero-order valence-corrected chi connectivity index (χ0v) is 26.4. The largest absolute Gasteiger partial charge is 0.361 e. The summed E-state index contributed by atoms with van der Waals surface area (Å²) in [6, 6.07) is 31.2. The molecule has 0 bridgehead atoms. The number of aryl methyl sites for hydroxylation is 2. The maximum Gasteiger partial charge on any atom is 0.237 e. The van der Waals surface area contributed by atoms with Crippen LogP contribution >= 0.6 is 0 Å². The van der Waals surface area contributed by atoms with E-state index in [2.05, 4.69) is 122 Å². The van der Waals surface area contributed by atoms with Crippen molar-refractivity contribution < 1.29 is 4.79 Å². The number of carbonyl (C=O) groups is 1. The molecule has 4 N–H and O–H groups in total. The Morgan fingerprint density at radius 1 is 0.787 bits per heavy atom. The first kappa shape index (κ1) is 29.2. The summed E-state index contributed by atoms with van der Waals surface area (Å²) in [6.07, 6.45) is 9.27. The summed E-state index contributed by atoms with van der Waals surface area (Å²) in [5.41, 5.74) is 5.91. The molecular formula is C39H39N7O. The second kappa shape index (κ2) is 12.9. The van der Waals surface area contributed by atoms with Gasteiger partial charge in [-0.3, -0.25) is 4.79 Å². The highest BCUT2D eigenvalue weighted by atomic mass is 16.2. The molecule has 7 aromatic rings. The van der Waals surface area contributed by atoms with Gasteiger partial charge < -0.3 is 25.2 Å². The Bertz CT molecular complexity index is 2160. The van der Waals surface area contributed by atoms with Crippen LogP contribution in [0.25, 0.3) is 32.6 Å². The fourth-order valence-electron chi connectivity index (χ4n) is 7.25. The molecule has 0 spiro atoms. The molecule has 4 heterocycles. The molecule has 1 aliphatic rings. The Balaban J connectivity index is 1.16. The van der Waals surface area contributed by atoms with Crippen molar-refractivity contribution in [2.75, 3.05) is 6.54 Å². The molecule has 2 atom stereocenters. The number of hydrogen-bond acceptors (Lipinski definition) is 4. The highest BCUT2D eigenvalue weighted by Gasteiger charge is 2.29. The van der Waals surface area contributed by atoms with Gasteiger partial charge in [0.25, 0.3) is 0 Å². The topological polar surface area (TPSA) is 103 Å². The van der Waals surface area contributed by atoms with Gasteiger partial charge in [0.1, 0.15) is 5.82 Å². The lowest BCUT2D eigenvalue weighted by molar-refractivity contribution is -0.123. The minimum Gasteiger partial charge on any atom is -0.361 e. The van der Waals surface area contributed by atoms with Crippen LogP contribution in [-0.4, -0.2) is 43.2 Å². The molecule has 236 valence electrons. The Labute approximate surface area is 273 Å². The molecule has 8 rings (SSSR count). The average molecular weight is 622 g/mol. The van der Waals surface area contributed by atoms with Crippen molar-refractivity contribution >= 4 is 38.5 Å². The molecule has 1 saturated heterocycles. The summed E-state index contributed by atoms with van der Waals surface area (Å²) < 4.78 is 2.26. The number of rotatable bonds is 11. The number of H-pyrrole nitrogens is 2. The van der Waals surface area contributed by atoms with Crippen molar-refractivity contribution in [1.29, 1.82) is 0 Å². The van der Waals surface area contributed by atoms with Crippen molar-refractivity contribution in [2.45, 2.75) is 57.2 Å². The van der Waals surface area contributed by atoms with E-state index in [0.29, 0.717) is 13.0 Å². The monoisotopic (exact) mass is 621 g/mol. The van der Waals surface area contributed by atoms with Crippen LogP contribution in [0.2, 0.25) is 0 Å². The number of amides is 1. The zero-order valence-electron chi connectivity index (χ0n) is 26.4. The van der Waals surface area contributed by atoms with E-state index in [1.165, 1.54) is 27.3 Å². The molecule has 8 nitrogen and oxygen atoms in total. The second-order valence-electron chi connectivity index (χ2n) is 12.7. The maximum atomic E-state index is 13.6. The first-order valence-corrected chi connectivity index (χ1v) is 16.7. The Morgan fingerprint density at radius 2 is 1.49 bits per heavy atom. The summed E-state index contributed by atoms with van der Waals surface area (Å²) >= 11 is 0. The highest BCUT2D eigenvalue weighted by molar-refractivity contribution is 5.86. The molecule has 1 amide bonds. The van der Waals surface area contributed by atoms with Crippen LogP contribution in [0.1, 0.15) is 53.6 Å². The third-order valence-electron chi connectivity index (χ3n) is 9.69. The molecule has 0 aliphatic carbocycles. The van der Waals surface area contributed by atoms with E-state index in [1.807, 2.05) is 6.07 Å². The molecule has 1 fully saturated rings. The fraction of sp³-hybridized carbons (Fsp3) is 0.256. The number of para-hydroxylation sites is 2. The molecule has 8 heteroatoms. The molecule has 47 heavy (non-hydrogen) atoms. The molecule has 0 saturated carbocycles. The smallest absolute Gasteiger partial charge is 0.237 e. The predicted molar refractivity (Wildman–Crippen MR) is 187 cm³/mol. The number of hydrogen-bond donors (Lipinski definition) is 4. The van der Waals surface area contributed by atoms with E-state index in [-0.39, 0.29) is 18.0 Å². The van der Waals surface area contributed by atoms with Crippen LogP contribution in [-0.2, 0) is 30.6 Å². The normalized spacial score (nSPS) is 15.5. The number of carbonyl (C=O) groups excluding carboxylic acids is 1. The number of aromatic amines is 2. The molecule has 0 radical (unpaired) electrons. The molecule has 1 unspecified atom stereocenters. The number of nitrogens with one attached hydrogen (secondary N) is 4. The number of aromatic nitrogens is 5. The van der Waals surface area contributed by atoms with Crippen LogP contribution in [0.15, 0.2) is 103 Å². The molecule has 1 aliphatic heterocycles. The lowest BCUT2D eigenvalue weighted by Crippen LogP contribution is -2.43. The number of nitrogens with zero attached hydrogens (tertiary/aromatic N) is 3. The minimum absolute atomic E-state index is 0.0212. The van der Waals surface area contributed by atoms with Crippen LogP contribution in [0.4, 0.5) is 0 Å². The standard InChI is InChI=1S/C39H39N7O/c47-39(35-19-9-21-40-35)43-36(22-29-24-42-34-18-6-4-16-32(29)34)38-45-44-37(20-8-12-27-23-41-33-17-5-3-15-31(27)33)46(38)25-28-13-7-11-26-10-1-2-14-30(26)28/h1-7,10-11,13-18,23-24,35-36,40-42H,8-9,12,19-22,25H2,(H,43,47)/t35?,36-/m1/s1. The van der Waals surface area contributed by atoms with Gasteiger partial charge in [0.05, 0.1) is 18.6 Å². The minimum atomic E-state index is -0.353. The van der Waals surface area contributed by atoms with Gasteiger partial charge in [-0.2, -0.15) is 0 Å². The van der Waals surface area contributed by atoms with E-state index in [4.69, 9.17) is 10.2 Å². The van der Waals surface area contributed by atoms with Crippen LogP contribution in [0.3, 0.4) is 0 Å². The van der Waals surface area contributed by atoms with Crippen molar-refractivity contribution in [3.63, 3.8) is 0 Å². The molecule has 4 aromatic carbocycles. The highest BCUT2D eigenvalue weighted by Crippen LogP contribution is 2.28. The van der Waals surface area contributed by atoms with Gasteiger partial charge in [-0.1, -0.05) is 78.9 Å². The van der Waals surface area contributed by atoms with Gasteiger partial charge in [-0.25, -0.2) is 0 Å². The lowest BCUT2D eigenvalue weighted by Gasteiger charge is -2.22. The Kier molecular flexibility index (Phi) is 8.01. The maximum absolute atomic E-state index is 13.6. The van der Waals surface area contributed by atoms with Gasteiger partial charge in [0.15, 0.2) is 5.82 Å². The number of benzene rings is 4. The zero-order chi connectivity index (χ0) is 31.6. The summed E-state index contributed by atoms with van der Waals surface area (Å²) in [6.45, 7) is 1.48.